The van der Waals surface area contributed by atoms with E-state index in [9.17, 15) is 4.79 Å². The molecule has 1 saturated heterocycles. The fraction of sp³-hybridized carbons (Fsp3) is 0.450. The van der Waals surface area contributed by atoms with Gasteiger partial charge in [-0.3, -0.25) is 9.69 Å². The Hall–Kier alpha value is -2.47. The highest BCUT2D eigenvalue weighted by Crippen LogP contribution is 2.33. The topological polar surface area (TPSA) is 55.2 Å². The van der Waals surface area contributed by atoms with Crippen LogP contribution in [0.4, 0.5) is 0 Å². The molecule has 1 fully saturated rings. The standard InChI is InChI=1S/C20H24N2O4/c1-13-14(2)26-15(3)19(13)20(23)22-8-6-21(7-9-22)11-16-4-5-17-18(10-16)25-12-24-17/h4-5,10H,6-9,11-12H2,1-3H3. The van der Waals surface area contributed by atoms with Crippen molar-refractivity contribution < 1.29 is 18.7 Å². The average molecular weight is 356 g/mol. The van der Waals surface area contributed by atoms with Gasteiger partial charge >= 0.3 is 0 Å². The van der Waals surface area contributed by atoms with Gasteiger partial charge in [-0.15, -0.1) is 0 Å². The number of hydrogen-bond acceptors (Lipinski definition) is 5. The Balaban J connectivity index is 1.37. The molecule has 2 aromatic rings. The van der Waals surface area contributed by atoms with Crippen LogP contribution in [0.5, 0.6) is 11.5 Å². The molecule has 2 aliphatic rings. The first-order valence-electron chi connectivity index (χ1n) is 8.99. The molecular weight excluding hydrogens is 332 g/mol. The number of furan rings is 1. The van der Waals surface area contributed by atoms with Gasteiger partial charge in [0.05, 0.1) is 5.56 Å². The summed E-state index contributed by atoms with van der Waals surface area (Å²) < 4.78 is 16.4. The molecule has 0 atom stereocenters. The molecule has 0 aliphatic carbocycles. The molecule has 0 spiro atoms. The van der Waals surface area contributed by atoms with Crippen LogP contribution in [0.25, 0.3) is 0 Å². The molecule has 0 unspecified atom stereocenters. The van der Waals surface area contributed by atoms with Crippen LogP contribution >= 0.6 is 0 Å². The second kappa shape index (κ2) is 6.68. The van der Waals surface area contributed by atoms with Gasteiger partial charge in [-0.1, -0.05) is 6.07 Å². The minimum Gasteiger partial charge on any atom is -0.466 e. The number of benzene rings is 1. The van der Waals surface area contributed by atoms with Crippen molar-refractivity contribution in [3.05, 3.63) is 46.4 Å². The Kier molecular flexibility index (Phi) is 4.36. The third kappa shape index (κ3) is 3.05. The summed E-state index contributed by atoms with van der Waals surface area (Å²) in [5.41, 5.74) is 2.88. The molecule has 1 amide bonds. The molecule has 1 aromatic carbocycles. The number of carbonyl (C=O) groups is 1. The molecule has 26 heavy (non-hydrogen) atoms. The molecule has 138 valence electrons. The summed E-state index contributed by atoms with van der Waals surface area (Å²) >= 11 is 0. The summed E-state index contributed by atoms with van der Waals surface area (Å²) in [7, 11) is 0. The van der Waals surface area contributed by atoms with Crippen LogP contribution in [-0.4, -0.2) is 48.7 Å². The zero-order chi connectivity index (χ0) is 18.3. The van der Waals surface area contributed by atoms with Gasteiger partial charge in [-0.05, 0) is 38.5 Å². The van der Waals surface area contributed by atoms with Crippen molar-refractivity contribution in [3.8, 4) is 11.5 Å². The predicted molar refractivity (Wildman–Crippen MR) is 96.7 cm³/mol. The van der Waals surface area contributed by atoms with Crippen LogP contribution in [0.15, 0.2) is 22.6 Å². The van der Waals surface area contributed by atoms with Crippen molar-refractivity contribution in [3.63, 3.8) is 0 Å². The summed E-state index contributed by atoms with van der Waals surface area (Å²) in [6, 6.07) is 6.08. The van der Waals surface area contributed by atoms with E-state index in [0.29, 0.717) is 12.6 Å². The quantitative estimate of drug-likeness (QED) is 0.846. The number of piperazine rings is 1. The number of aryl methyl sites for hydroxylation is 2. The molecule has 4 rings (SSSR count). The van der Waals surface area contributed by atoms with Crippen LogP contribution < -0.4 is 9.47 Å². The number of hydrogen-bond donors (Lipinski definition) is 0. The van der Waals surface area contributed by atoms with Gasteiger partial charge in [0.25, 0.3) is 5.91 Å². The second-order valence-corrected chi connectivity index (χ2v) is 6.97. The van der Waals surface area contributed by atoms with Crippen molar-refractivity contribution in [1.29, 1.82) is 0 Å². The Morgan fingerprint density at radius 2 is 1.73 bits per heavy atom. The van der Waals surface area contributed by atoms with Crippen LogP contribution in [0.1, 0.15) is 33.0 Å². The van der Waals surface area contributed by atoms with Crippen LogP contribution in [0, 0.1) is 20.8 Å². The van der Waals surface area contributed by atoms with Crippen molar-refractivity contribution >= 4 is 5.91 Å². The minimum atomic E-state index is 0.0829. The third-order valence-electron chi connectivity index (χ3n) is 5.28. The molecule has 0 radical (unpaired) electrons. The maximum atomic E-state index is 12.9. The lowest BCUT2D eigenvalue weighted by Crippen LogP contribution is -2.48. The summed E-state index contributed by atoms with van der Waals surface area (Å²) in [5.74, 6) is 3.25. The first kappa shape index (κ1) is 17.0. The molecule has 0 saturated carbocycles. The maximum absolute atomic E-state index is 12.9. The van der Waals surface area contributed by atoms with E-state index in [4.69, 9.17) is 13.9 Å². The predicted octanol–water partition coefficient (Wildman–Crippen LogP) is 2.89. The lowest BCUT2D eigenvalue weighted by molar-refractivity contribution is 0.0626. The maximum Gasteiger partial charge on any atom is 0.257 e. The van der Waals surface area contributed by atoms with Crippen LogP contribution in [0.3, 0.4) is 0 Å². The van der Waals surface area contributed by atoms with E-state index >= 15 is 0 Å². The normalized spacial score (nSPS) is 17.0. The monoisotopic (exact) mass is 356 g/mol. The molecular formula is C20H24N2O4. The van der Waals surface area contributed by atoms with E-state index in [1.807, 2.05) is 37.8 Å². The van der Waals surface area contributed by atoms with E-state index in [-0.39, 0.29) is 5.91 Å². The Morgan fingerprint density at radius 3 is 2.42 bits per heavy atom. The van der Waals surface area contributed by atoms with Crippen molar-refractivity contribution in [1.82, 2.24) is 9.80 Å². The van der Waals surface area contributed by atoms with Gasteiger partial charge < -0.3 is 18.8 Å². The number of ether oxygens (including phenoxy) is 2. The Bertz CT molecular complexity index is 835. The third-order valence-corrected chi connectivity index (χ3v) is 5.28. The lowest BCUT2D eigenvalue weighted by atomic mass is 10.1. The number of rotatable bonds is 3. The SMILES string of the molecule is Cc1oc(C)c(C(=O)N2CCN(Cc3ccc4c(c3)OCO4)CC2)c1C. The first-order chi connectivity index (χ1) is 12.5. The van der Waals surface area contributed by atoms with Crippen LogP contribution in [-0.2, 0) is 6.54 Å². The van der Waals surface area contributed by atoms with E-state index in [0.717, 1.165) is 61.1 Å². The van der Waals surface area contributed by atoms with Crippen LogP contribution in [0.2, 0.25) is 0 Å². The van der Waals surface area contributed by atoms with Crippen molar-refractivity contribution in [2.24, 2.45) is 0 Å². The van der Waals surface area contributed by atoms with Gasteiger partial charge in [0, 0.05) is 38.3 Å². The van der Waals surface area contributed by atoms with Gasteiger partial charge in [0.2, 0.25) is 6.79 Å². The first-order valence-corrected chi connectivity index (χ1v) is 8.99. The highest BCUT2D eigenvalue weighted by Gasteiger charge is 2.27. The van der Waals surface area contributed by atoms with E-state index in [1.54, 1.807) is 0 Å². The molecule has 1 aromatic heterocycles. The summed E-state index contributed by atoms with van der Waals surface area (Å²) in [6.07, 6.45) is 0. The van der Waals surface area contributed by atoms with Gasteiger partial charge in [-0.25, -0.2) is 0 Å². The summed E-state index contributed by atoms with van der Waals surface area (Å²) in [4.78, 5) is 17.2. The number of amides is 1. The smallest absolute Gasteiger partial charge is 0.257 e. The molecule has 6 heteroatoms. The highest BCUT2D eigenvalue weighted by atomic mass is 16.7. The van der Waals surface area contributed by atoms with E-state index in [1.165, 1.54) is 5.56 Å². The zero-order valence-corrected chi connectivity index (χ0v) is 15.5. The lowest BCUT2D eigenvalue weighted by Gasteiger charge is -2.34. The summed E-state index contributed by atoms with van der Waals surface area (Å²) in [6.45, 7) is 10.0. The fourth-order valence-corrected chi connectivity index (χ4v) is 3.67. The molecule has 0 N–H and O–H groups in total. The largest absolute Gasteiger partial charge is 0.466 e. The number of carbonyl (C=O) groups excluding carboxylic acids is 1. The van der Waals surface area contributed by atoms with Gasteiger partial charge in [0.15, 0.2) is 11.5 Å². The number of nitrogens with zero attached hydrogens (tertiary/aromatic N) is 2. The highest BCUT2D eigenvalue weighted by molar-refractivity contribution is 5.97. The van der Waals surface area contributed by atoms with Crippen molar-refractivity contribution in [2.45, 2.75) is 27.3 Å². The van der Waals surface area contributed by atoms with E-state index < -0.39 is 0 Å². The molecule has 0 bridgehead atoms. The van der Waals surface area contributed by atoms with E-state index in [2.05, 4.69) is 11.0 Å². The van der Waals surface area contributed by atoms with Gasteiger partial charge in [-0.2, -0.15) is 0 Å². The molecule has 2 aliphatic heterocycles. The second-order valence-electron chi connectivity index (χ2n) is 6.97. The summed E-state index contributed by atoms with van der Waals surface area (Å²) in [5, 5.41) is 0. The Labute approximate surface area is 153 Å². The minimum absolute atomic E-state index is 0.0829. The fourth-order valence-electron chi connectivity index (χ4n) is 3.67. The molecule has 3 heterocycles. The molecule has 6 nitrogen and oxygen atoms in total. The average Bonchev–Trinajstić information content (AvgIpc) is 3.19. The van der Waals surface area contributed by atoms with Crippen molar-refractivity contribution in [2.75, 3.05) is 33.0 Å². The number of fused-ring (bicyclic) bond motifs is 1. The Morgan fingerprint density at radius 1 is 1.00 bits per heavy atom. The van der Waals surface area contributed by atoms with Gasteiger partial charge in [0.1, 0.15) is 11.5 Å². The zero-order valence-electron chi connectivity index (χ0n) is 15.5.